The molecule has 25 heavy (non-hydrogen) atoms. The van der Waals surface area contributed by atoms with Gasteiger partial charge in [0.1, 0.15) is 5.25 Å². The maximum absolute atomic E-state index is 12.6. The number of carbonyl (C=O) groups excluding carboxylic acids is 1. The van der Waals surface area contributed by atoms with E-state index in [0.29, 0.717) is 16.3 Å². The summed E-state index contributed by atoms with van der Waals surface area (Å²) >= 11 is 5.80. The summed E-state index contributed by atoms with van der Waals surface area (Å²) < 4.78 is 27.1. The Hall–Kier alpha value is -2.00. The third kappa shape index (κ3) is 4.99. The Bertz CT molecular complexity index is 823. The first-order valence-electron chi connectivity index (χ1n) is 7.35. The Morgan fingerprint density at radius 1 is 1.16 bits per heavy atom. The fourth-order valence-corrected chi connectivity index (χ4v) is 3.78. The van der Waals surface area contributed by atoms with E-state index >= 15 is 0 Å². The Kier molecular flexibility index (Phi) is 6.49. The lowest BCUT2D eigenvalue weighted by Crippen LogP contribution is -2.35. The van der Waals surface area contributed by atoms with Gasteiger partial charge in [-0.2, -0.15) is 0 Å². The molecular weight excluding hydrogens is 368 g/mol. The number of nitrogens with zero attached hydrogens (tertiary/aromatic N) is 1. The zero-order valence-corrected chi connectivity index (χ0v) is 14.7. The van der Waals surface area contributed by atoms with Crippen molar-refractivity contribution in [3.8, 4) is 0 Å². The van der Waals surface area contributed by atoms with Gasteiger partial charge < -0.3 is 10.2 Å². The maximum atomic E-state index is 12.6. The van der Waals surface area contributed by atoms with Gasteiger partial charge in [-0.25, -0.2) is 13.1 Å². The third-order valence-electron chi connectivity index (χ3n) is 3.49. The quantitative estimate of drug-likeness (QED) is 0.664. The van der Waals surface area contributed by atoms with Crippen molar-refractivity contribution in [3.05, 3.63) is 64.4 Å². The second kappa shape index (κ2) is 8.39. The summed E-state index contributed by atoms with van der Waals surface area (Å²) in [7, 11) is -4.09. The molecule has 1 aromatic carbocycles. The summed E-state index contributed by atoms with van der Waals surface area (Å²) in [5.41, 5.74) is 0.811. The number of aliphatic hydroxyl groups excluding tert-OH is 2. The van der Waals surface area contributed by atoms with Crippen molar-refractivity contribution in [1.82, 2.24) is 9.71 Å². The monoisotopic (exact) mass is 384 g/mol. The Morgan fingerprint density at radius 2 is 1.84 bits per heavy atom. The second-order valence-electron chi connectivity index (χ2n) is 5.22. The molecule has 0 aliphatic rings. The van der Waals surface area contributed by atoms with Crippen LogP contribution < -0.4 is 4.72 Å². The fourth-order valence-electron chi connectivity index (χ4n) is 2.21. The fraction of sp³-hybridized carbons (Fsp3) is 0.250. The summed E-state index contributed by atoms with van der Waals surface area (Å²) in [5.74, 6) is -0.839. The van der Waals surface area contributed by atoms with Crippen LogP contribution in [0.3, 0.4) is 0 Å². The summed E-state index contributed by atoms with van der Waals surface area (Å²) in [6.07, 6.45) is 1.10. The van der Waals surface area contributed by atoms with Crippen molar-refractivity contribution in [2.75, 3.05) is 6.61 Å². The normalized spacial score (nSPS) is 12.6. The molecule has 134 valence electrons. The topological polar surface area (TPSA) is 117 Å². The maximum Gasteiger partial charge on any atom is 0.266 e. The van der Waals surface area contributed by atoms with Crippen molar-refractivity contribution in [3.63, 3.8) is 0 Å². The van der Waals surface area contributed by atoms with Gasteiger partial charge in [0.25, 0.3) is 5.91 Å². The lowest BCUT2D eigenvalue weighted by atomic mass is 10.1. The van der Waals surface area contributed by atoms with Crippen molar-refractivity contribution in [2.24, 2.45) is 0 Å². The summed E-state index contributed by atoms with van der Waals surface area (Å²) in [4.78, 5) is 16.0. The number of rotatable bonds is 7. The molecular formula is C16H17ClN2O5S. The number of amides is 1. The van der Waals surface area contributed by atoms with E-state index in [0.717, 1.165) is 0 Å². The van der Waals surface area contributed by atoms with Gasteiger partial charge in [-0.3, -0.25) is 9.78 Å². The van der Waals surface area contributed by atoms with Crippen molar-refractivity contribution < 1.29 is 23.4 Å². The molecule has 2 rings (SSSR count). The summed E-state index contributed by atoms with van der Waals surface area (Å²) in [5, 5.41) is 17.5. The molecule has 0 fully saturated rings. The van der Waals surface area contributed by atoms with Crippen LogP contribution in [-0.4, -0.2) is 36.1 Å². The first-order chi connectivity index (χ1) is 11.9. The van der Waals surface area contributed by atoms with E-state index in [2.05, 4.69) is 4.98 Å². The standard InChI is InChI=1S/C16H17ClN2O5S/c17-13-4-1-11(2-5-13)15(7-8-20)25(23,24)19-16(22)12-3-6-14(10-21)18-9-12/h1-6,9,15,20-21H,7-8,10H2,(H,19,22). The molecule has 0 spiro atoms. The van der Waals surface area contributed by atoms with Gasteiger partial charge in [0.2, 0.25) is 10.0 Å². The smallest absolute Gasteiger partial charge is 0.266 e. The van der Waals surface area contributed by atoms with Crippen LogP contribution in [0.4, 0.5) is 0 Å². The minimum Gasteiger partial charge on any atom is -0.396 e. The molecule has 0 saturated carbocycles. The lowest BCUT2D eigenvalue weighted by molar-refractivity contribution is 0.0980. The Labute approximate surface area is 150 Å². The number of aliphatic hydroxyl groups is 2. The van der Waals surface area contributed by atoms with Crippen LogP contribution >= 0.6 is 11.6 Å². The average molecular weight is 385 g/mol. The largest absolute Gasteiger partial charge is 0.396 e. The van der Waals surface area contributed by atoms with Crippen LogP contribution in [0.15, 0.2) is 42.6 Å². The van der Waals surface area contributed by atoms with Crippen LogP contribution in [-0.2, 0) is 16.6 Å². The summed E-state index contributed by atoms with van der Waals surface area (Å²) in [6.45, 7) is -0.648. The van der Waals surface area contributed by atoms with Gasteiger partial charge in [-0.05, 0) is 36.2 Å². The molecule has 1 atom stereocenters. The van der Waals surface area contributed by atoms with Gasteiger partial charge in [-0.1, -0.05) is 23.7 Å². The molecule has 1 unspecified atom stereocenters. The number of nitrogens with one attached hydrogen (secondary N) is 1. The predicted molar refractivity (Wildman–Crippen MR) is 92.4 cm³/mol. The van der Waals surface area contributed by atoms with Crippen LogP contribution in [0.25, 0.3) is 0 Å². The predicted octanol–water partition coefficient (Wildman–Crippen LogP) is 1.41. The van der Waals surface area contributed by atoms with E-state index < -0.39 is 21.2 Å². The number of sulfonamides is 1. The van der Waals surface area contributed by atoms with Crippen LogP contribution in [0.2, 0.25) is 5.02 Å². The van der Waals surface area contributed by atoms with E-state index in [4.69, 9.17) is 16.7 Å². The van der Waals surface area contributed by atoms with E-state index in [9.17, 15) is 18.3 Å². The van der Waals surface area contributed by atoms with Gasteiger partial charge in [0, 0.05) is 17.8 Å². The molecule has 0 saturated heterocycles. The molecule has 0 aliphatic carbocycles. The third-order valence-corrected chi connectivity index (χ3v) is 5.47. The number of hydrogen-bond donors (Lipinski definition) is 3. The van der Waals surface area contributed by atoms with Crippen LogP contribution in [0, 0.1) is 0 Å². The molecule has 3 N–H and O–H groups in total. The van der Waals surface area contributed by atoms with E-state index in [1.165, 1.54) is 42.6 Å². The van der Waals surface area contributed by atoms with Crippen LogP contribution in [0.5, 0.6) is 0 Å². The van der Waals surface area contributed by atoms with Gasteiger partial charge >= 0.3 is 0 Å². The van der Waals surface area contributed by atoms with Gasteiger partial charge in [-0.15, -0.1) is 0 Å². The molecule has 1 amide bonds. The molecule has 1 aromatic heterocycles. The number of benzene rings is 1. The highest BCUT2D eigenvalue weighted by molar-refractivity contribution is 7.90. The number of halogens is 1. The molecule has 0 bridgehead atoms. The highest BCUT2D eigenvalue weighted by Gasteiger charge is 2.29. The molecule has 1 heterocycles. The zero-order valence-electron chi connectivity index (χ0n) is 13.1. The first kappa shape index (κ1) is 19.3. The number of hydrogen-bond acceptors (Lipinski definition) is 6. The Balaban J connectivity index is 2.23. The highest BCUT2D eigenvalue weighted by Crippen LogP contribution is 2.26. The minimum absolute atomic E-state index is 0.0413. The summed E-state index contributed by atoms with van der Waals surface area (Å²) in [6, 6.07) is 8.93. The Morgan fingerprint density at radius 3 is 2.36 bits per heavy atom. The van der Waals surface area contributed by atoms with Gasteiger partial charge in [0.05, 0.1) is 17.9 Å². The van der Waals surface area contributed by atoms with Crippen molar-refractivity contribution in [1.29, 1.82) is 0 Å². The SMILES string of the molecule is O=C(NS(=O)(=O)C(CCO)c1ccc(Cl)cc1)c1ccc(CO)nc1. The average Bonchev–Trinajstić information content (AvgIpc) is 2.60. The molecule has 2 aromatic rings. The minimum atomic E-state index is -4.09. The molecule has 7 nitrogen and oxygen atoms in total. The number of carbonyl (C=O) groups is 1. The van der Waals surface area contributed by atoms with Crippen molar-refractivity contribution in [2.45, 2.75) is 18.3 Å². The molecule has 0 aliphatic heterocycles. The highest BCUT2D eigenvalue weighted by atomic mass is 35.5. The first-order valence-corrected chi connectivity index (χ1v) is 9.28. The zero-order chi connectivity index (χ0) is 18.4. The van der Waals surface area contributed by atoms with Gasteiger partial charge in [0.15, 0.2) is 0 Å². The molecule has 9 heteroatoms. The number of aromatic nitrogens is 1. The van der Waals surface area contributed by atoms with E-state index in [1.807, 2.05) is 4.72 Å². The second-order valence-corrected chi connectivity index (χ2v) is 7.52. The van der Waals surface area contributed by atoms with Crippen molar-refractivity contribution >= 4 is 27.5 Å². The number of pyridine rings is 1. The lowest BCUT2D eigenvalue weighted by Gasteiger charge is -2.18. The van der Waals surface area contributed by atoms with E-state index in [-0.39, 0.29) is 25.2 Å². The van der Waals surface area contributed by atoms with E-state index in [1.54, 1.807) is 0 Å². The molecule has 0 radical (unpaired) electrons. The van der Waals surface area contributed by atoms with Crippen LogP contribution in [0.1, 0.15) is 33.3 Å².